The van der Waals surface area contributed by atoms with Crippen molar-refractivity contribution in [2.45, 2.75) is 6.92 Å². The Labute approximate surface area is 133 Å². The third kappa shape index (κ3) is 3.14. The van der Waals surface area contributed by atoms with Gasteiger partial charge in [0.15, 0.2) is 17.3 Å². The molecule has 21 heavy (non-hydrogen) atoms. The number of rotatable bonds is 4. The van der Waals surface area contributed by atoms with Crippen LogP contribution in [-0.2, 0) is 0 Å². The maximum atomic E-state index is 12.6. The van der Waals surface area contributed by atoms with Crippen molar-refractivity contribution in [1.29, 1.82) is 0 Å². The monoisotopic (exact) mass is 324 g/mol. The van der Waals surface area contributed by atoms with Crippen LogP contribution in [0.5, 0.6) is 11.5 Å². The van der Waals surface area contributed by atoms with Crippen molar-refractivity contribution in [3.63, 3.8) is 0 Å². The highest BCUT2D eigenvalue weighted by atomic mass is 35.5. The standard InChI is InChI=1S/C16H14Cl2O3/c1-9-6-14(20-2)15(21-3)8-12(9)16(19)11-5-4-10(17)7-13(11)18/h4-8H,1-3H3. The van der Waals surface area contributed by atoms with E-state index < -0.39 is 0 Å². The Morgan fingerprint density at radius 3 is 2.14 bits per heavy atom. The van der Waals surface area contributed by atoms with E-state index in [1.54, 1.807) is 37.4 Å². The van der Waals surface area contributed by atoms with Crippen molar-refractivity contribution >= 4 is 29.0 Å². The molecule has 2 aromatic carbocycles. The van der Waals surface area contributed by atoms with Gasteiger partial charge in [0.05, 0.1) is 19.2 Å². The Bertz CT molecular complexity index is 696. The number of aryl methyl sites for hydroxylation is 1. The maximum absolute atomic E-state index is 12.6. The SMILES string of the molecule is COc1cc(C)c(C(=O)c2ccc(Cl)cc2Cl)cc1OC. The molecule has 0 saturated heterocycles. The molecular formula is C16H14Cl2O3. The lowest BCUT2D eigenvalue weighted by Gasteiger charge is -2.12. The second-order valence-corrected chi connectivity index (χ2v) is 5.32. The number of ether oxygens (including phenoxy) is 2. The van der Waals surface area contributed by atoms with E-state index in [4.69, 9.17) is 32.7 Å². The molecule has 0 bridgehead atoms. The third-order valence-corrected chi connectivity index (χ3v) is 3.70. The van der Waals surface area contributed by atoms with Gasteiger partial charge in [-0.15, -0.1) is 0 Å². The Kier molecular flexibility index (Phi) is 4.76. The summed E-state index contributed by atoms with van der Waals surface area (Å²) in [6, 6.07) is 8.21. The summed E-state index contributed by atoms with van der Waals surface area (Å²) in [5.41, 5.74) is 1.69. The third-order valence-electron chi connectivity index (χ3n) is 3.15. The van der Waals surface area contributed by atoms with E-state index in [1.807, 2.05) is 6.92 Å². The highest BCUT2D eigenvalue weighted by Crippen LogP contribution is 2.32. The molecule has 2 aromatic rings. The summed E-state index contributed by atoms with van der Waals surface area (Å²) in [6.45, 7) is 1.83. The molecule has 0 amide bonds. The first-order valence-electron chi connectivity index (χ1n) is 6.20. The van der Waals surface area contributed by atoms with Crippen LogP contribution in [0.25, 0.3) is 0 Å². The topological polar surface area (TPSA) is 35.5 Å². The van der Waals surface area contributed by atoms with Crippen LogP contribution in [0.3, 0.4) is 0 Å². The second-order valence-electron chi connectivity index (χ2n) is 4.48. The normalized spacial score (nSPS) is 10.3. The summed E-state index contributed by atoms with van der Waals surface area (Å²) < 4.78 is 10.5. The molecule has 0 spiro atoms. The number of hydrogen-bond acceptors (Lipinski definition) is 3. The molecule has 0 fully saturated rings. The highest BCUT2D eigenvalue weighted by molar-refractivity contribution is 6.37. The van der Waals surface area contributed by atoms with E-state index >= 15 is 0 Å². The average Bonchev–Trinajstić information content (AvgIpc) is 2.46. The number of carbonyl (C=O) groups excluding carboxylic acids is 1. The zero-order valence-electron chi connectivity index (χ0n) is 11.9. The van der Waals surface area contributed by atoms with Gasteiger partial charge in [-0.1, -0.05) is 23.2 Å². The van der Waals surface area contributed by atoms with Gasteiger partial charge in [-0.05, 0) is 42.8 Å². The van der Waals surface area contributed by atoms with Gasteiger partial charge < -0.3 is 9.47 Å². The predicted molar refractivity (Wildman–Crippen MR) is 84.2 cm³/mol. The fourth-order valence-electron chi connectivity index (χ4n) is 2.04. The van der Waals surface area contributed by atoms with Gasteiger partial charge in [-0.2, -0.15) is 0 Å². The largest absolute Gasteiger partial charge is 0.493 e. The van der Waals surface area contributed by atoms with Gasteiger partial charge >= 0.3 is 0 Å². The van der Waals surface area contributed by atoms with Crippen LogP contribution in [0.4, 0.5) is 0 Å². The van der Waals surface area contributed by atoms with Gasteiger partial charge in [0.25, 0.3) is 0 Å². The molecule has 110 valence electrons. The van der Waals surface area contributed by atoms with E-state index in [-0.39, 0.29) is 5.78 Å². The number of methoxy groups -OCH3 is 2. The number of halogens is 2. The highest BCUT2D eigenvalue weighted by Gasteiger charge is 2.18. The first-order valence-corrected chi connectivity index (χ1v) is 6.96. The van der Waals surface area contributed by atoms with E-state index in [1.165, 1.54) is 7.11 Å². The molecule has 0 aromatic heterocycles. The summed E-state index contributed by atoms with van der Waals surface area (Å²) in [4.78, 5) is 12.6. The van der Waals surface area contributed by atoms with Crippen LogP contribution >= 0.6 is 23.2 Å². The van der Waals surface area contributed by atoms with Crippen LogP contribution < -0.4 is 9.47 Å². The lowest BCUT2D eigenvalue weighted by molar-refractivity contribution is 0.103. The van der Waals surface area contributed by atoms with Gasteiger partial charge in [0, 0.05) is 16.1 Å². The molecule has 3 nitrogen and oxygen atoms in total. The summed E-state index contributed by atoms with van der Waals surface area (Å²) in [5, 5.41) is 0.808. The second kappa shape index (κ2) is 6.37. The van der Waals surface area contributed by atoms with Crippen LogP contribution in [0.2, 0.25) is 10.0 Å². The van der Waals surface area contributed by atoms with Crippen LogP contribution in [0.1, 0.15) is 21.5 Å². The number of ketones is 1. The van der Waals surface area contributed by atoms with E-state index in [2.05, 4.69) is 0 Å². The fourth-order valence-corrected chi connectivity index (χ4v) is 2.54. The lowest BCUT2D eigenvalue weighted by atomic mass is 9.98. The zero-order chi connectivity index (χ0) is 15.6. The van der Waals surface area contributed by atoms with Crippen molar-refractivity contribution in [2.24, 2.45) is 0 Å². The molecule has 0 aliphatic rings. The van der Waals surface area contributed by atoms with Crippen molar-refractivity contribution in [3.8, 4) is 11.5 Å². The molecule has 0 atom stereocenters. The number of benzene rings is 2. The minimum atomic E-state index is -0.185. The Morgan fingerprint density at radius 1 is 0.952 bits per heavy atom. The molecule has 2 rings (SSSR count). The molecule has 0 aliphatic heterocycles. The zero-order valence-corrected chi connectivity index (χ0v) is 13.4. The molecule has 0 aliphatic carbocycles. The summed E-state index contributed by atoms with van der Waals surface area (Å²) >= 11 is 12.0. The van der Waals surface area contributed by atoms with Crippen molar-refractivity contribution in [3.05, 3.63) is 57.1 Å². The fraction of sp³-hybridized carbons (Fsp3) is 0.188. The van der Waals surface area contributed by atoms with Gasteiger partial charge in [0.2, 0.25) is 0 Å². The summed E-state index contributed by atoms with van der Waals surface area (Å²) in [7, 11) is 3.07. The minimum absolute atomic E-state index is 0.185. The Balaban J connectivity index is 2.53. The van der Waals surface area contributed by atoms with Gasteiger partial charge in [0.1, 0.15) is 0 Å². The van der Waals surface area contributed by atoms with Crippen molar-refractivity contribution in [1.82, 2.24) is 0 Å². The first-order chi connectivity index (χ1) is 9.97. The number of carbonyl (C=O) groups is 1. The summed E-state index contributed by atoms with van der Waals surface area (Å²) in [5.74, 6) is 0.889. The minimum Gasteiger partial charge on any atom is -0.493 e. The predicted octanol–water partition coefficient (Wildman–Crippen LogP) is 4.55. The van der Waals surface area contributed by atoms with Gasteiger partial charge in [-0.25, -0.2) is 0 Å². The average molecular weight is 325 g/mol. The summed E-state index contributed by atoms with van der Waals surface area (Å²) in [6.07, 6.45) is 0. The van der Waals surface area contributed by atoms with E-state index in [0.29, 0.717) is 32.7 Å². The number of hydrogen-bond donors (Lipinski definition) is 0. The Morgan fingerprint density at radius 2 is 1.57 bits per heavy atom. The van der Waals surface area contributed by atoms with Gasteiger partial charge in [-0.3, -0.25) is 4.79 Å². The molecule has 0 radical (unpaired) electrons. The molecule has 0 saturated carbocycles. The van der Waals surface area contributed by atoms with E-state index in [9.17, 15) is 4.79 Å². The van der Waals surface area contributed by atoms with Crippen molar-refractivity contribution in [2.75, 3.05) is 14.2 Å². The van der Waals surface area contributed by atoms with Crippen LogP contribution in [0.15, 0.2) is 30.3 Å². The molecule has 0 heterocycles. The first kappa shape index (κ1) is 15.7. The molecule has 0 N–H and O–H groups in total. The van der Waals surface area contributed by atoms with E-state index in [0.717, 1.165) is 5.56 Å². The quantitative estimate of drug-likeness (QED) is 0.774. The lowest BCUT2D eigenvalue weighted by Crippen LogP contribution is -2.06. The molecular weight excluding hydrogens is 311 g/mol. The Hall–Kier alpha value is -1.71. The molecule has 0 unspecified atom stereocenters. The van der Waals surface area contributed by atoms with Crippen LogP contribution in [0, 0.1) is 6.92 Å². The maximum Gasteiger partial charge on any atom is 0.194 e. The molecule has 5 heteroatoms. The smallest absolute Gasteiger partial charge is 0.194 e. The van der Waals surface area contributed by atoms with Crippen LogP contribution in [-0.4, -0.2) is 20.0 Å². The van der Waals surface area contributed by atoms with Crippen molar-refractivity contribution < 1.29 is 14.3 Å².